The number of hydrogen-bond donors (Lipinski definition) is 1. The van der Waals surface area contributed by atoms with E-state index in [1.165, 1.54) is 11.3 Å². The number of nitrogens with one attached hydrogen (secondary N) is 1. The molecule has 2 bridgehead atoms. The molecule has 3 fully saturated rings. The Morgan fingerprint density at radius 3 is 3.16 bits per heavy atom. The number of rotatable bonds is 4. The molecule has 2 aromatic rings. The van der Waals surface area contributed by atoms with Gasteiger partial charge in [0.15, 0.2) is 5.13 Å². The van der Waals surface area contributed by atoms with Gasteiger partial charge >= 0.3 is 0 Å². The lowest BCUT2D eigenvalue weighted by Crippen LogP contribution is -2.41. The first-order chi connectivity index (χ1) is 12.2. The number of thiophene rings is 1. The van der Waals surface area contributed by atoms with Gasteiger partial charge in [-0.1, -0.05) is 0 Å². The lowest BCUT2D eigenvalue weighted by Gasteiger charge is -2.29. The molecule has 0 aliphatic carbocycles. The molecule has 1 spiro atoms. The van der Waals surface area contributed by atoms with Crippen molar-refractivity contribution in [1.82, 2.24) is 10.3 Å². The molecule has 0 saturated carbocycles. The van der Waals surface area contributed by atoms with Crippen LogP contribution in [0.1, 0.15) is 28.1 Å². The first kappa shape index (κ1) is 15.8. The minimum absolute atomic E-state index is 0.0232. The van der Waals surface area contributed by atoms with E-state index in [4.69, 9.17) is 4.74 Å². The van der Waals surface area contributed by atoms with Crippen LogP contribution < -0.4 is 10.2 Å². The van der Waals surface area contributed by atoms with Crippen molar-refractivity contribution in [2.75, 3.05) is 24.5 Å². The van der Waals surface area contributed by atoms with Crippen LogP contribution in [0.25, 0.3) is 0 Å². The van der Waals surface area contributed by atoms with E-state index >= 15 is 0 Å². The Morgan fingerprint density at radius 1 is 1.48 bits per heavy atom. The van der Waals surface area contributed by atoms with Crippen LogP contribution in [-0.2, 0) is 4.74 Å². The highest BCUT2D eigenvalue weighted by Crippen LogP contribution is 2.55. The average molecular weight is 376 g/mol. The number of thiazole rings is 1. The van der Waals surface area contributed by atoms with Crippen LogP contribution in [0.3, 0.4) is 0 Å². The maximum absolute atomic E-state index is 12.5. The number of fused-ring (bicyclic) bond motifs is 1. The Hall–Kier alpha value is -1.44. The molecule has 132 valence electrons. The number of hydrogen-bond acceptors (Lipinski definition) is 6. The maximum atomic E-state index is 12.5. The van der Waals surface area contributed by atoms with E-state index in [1.54, 1.807) is 11.3 Å². The van der Waals surface area contributed by atoms with E-state index in [0.29, 0.717) is 24.5 Å². The predicted octanol–water partition coefficient (Wildman–Crippen LogP) is 2.93. The molecule has 5 heterocycles. The summed E-state index contributed by atoms with van der Waals surface area (Å²) in [6, 6.07) is 2.00. The maximum Gasteiger partial charge on any atom is 0.261 e. The van der Waals surface area contributed by atoms with Crippen LogP contribution >= 0.6 is 22.7 Å². The summed E-state index contributed by atoms with van der Waals surface area (Å²) in [5.74, 6) is 0.946. The fraction of sp³-hybridized carbons (Fsp3) is 0.556. The van der Waals surface area contributed by atoms with Gasteiger partial charge in [-0.25, -0.2) is 4.98 Å². The van der Waals surface area contributed by atoms with Crippen LogP contribution in [0, 0.1) is 18.8 Å². The largest absolute Gasteiger partial charge is 0.369 e. The van der Waals surface area contributed by atoms with E-state index in [2.05, 4.69) is 15.2 Å². The quantitative estimate of drug-likeness (QED) is 0.893. The van der Waals surface area contributed by atoms with E-state index in [1.807, 2.05) is 29.9 Å². The van der Waals surface area contributed by atoms with Gasteiger partial charge in [-0.05, 0) is 36.8 Å². The number of amides is 1. The van der Waals surface area contributed by atoms with Gasteiger partial charge in [0.2, 0.25) is 0 Å². The highest BCUT2D eigenvalue weighted by atomic mass is 32.1. The number of carbonyl (C=O) groups excluding carboxylic acids is 1. The Balaban J connectivity index is 1.30. The van der Waals surface area contributed by atoms with Crippen molar-refractivity contribution in [2.45, 2.75) is 31.5 Å². The monoisotopic (exact) mass is 375 g/mol. The fourth-order valence-electron chi connectivity index (χ4n) is 4.88. The molecule has 5 rings (SSSR count). The van der Waals surface area contributed by atoms with Crippen LogP contribution in [0.15, 0.2) is 23.0 Å². The van der Waals surface area contributed by atoms with Crippen LogP contribution in [0.5, 0.6) is 0 Å². The number of nitrogens with zero attached hydrogens (tertiary/aromatic N) is 2. The van der Waals surface area contributed by atoms with E-state index in [0.717, 1.165) is 41.5 Å². The molecule has 3 saturated heterocycles. The van der Waals surface area contributed by atoms with Crippen LogP contribution in [0.2, 0.25) is 0 Å². The van der Waals surface area contributed by atoms with Crippen molar-refractivity contribution < 1.29 is 9.53 Å². The molecule has 2 aromatic heterocycles. The molecule has 4 atom stereocenters. The van der Waals surface area contributed by atoms with Gasteiger partial charge in [0.25, 0.3) is 5.91 Å². The van der Waals surface area contributed by atoms with Crippen molar-refractivity contribution in [3.8, 4) is 0 Å². The Morgan fingerprint density at radius 2 is 2.40 bits per heavy atom. The van der Waals surface area contributed by atoms with Crippen molar-refractivity contribution in [1.29, 1.82) is 0 Å². The van der Waals surface area contributed by atoms with Crippen molar-refractivity contribution in [3.05, 3.63) is 33.5 Å². The third kappa shape index (κ3) is 2.44. The predicted molar refractivity (Wildman–Crippen MR) is 99.5 cm³/mol. The number of ether oxygens (including phenoxy) is 1. The molecule has 7 heteroatoms. The molecule has 25 heavy (non-hydrogen) atoms. The summed E-state index contributed by atoms with van der Waals surface area (Å²) in [6.45, 7) is 4.63. The molecular weight excluding hydrogens is 354 g/mol. The van der Waals surface area contributed by atoms with Crippen molar-refractivity contribution in [3.63, 3.8) is 0 Å². The van der Waals surface area contributed by atoms with E-state index in [-0.39, 0.29) is 11.5 Å². The van der Waals surface area contributed by atoms with Crippen LogP contribution in [0.4, 0.5) is 5.13 Å². The van der Waals surface area contributed by atoms with Gasteiger partial charge < -0.3 is 15.0 Å². The third-order valence-electron chi connectivity index (χ3n) is 6.04. The van der Waals surface area contributed by atoms with Gasteiger partial charge in [-0.15, -0.1) is 22.7 Å². The smallest absolute Gasteiger partial charge is 0.261 e. The zero-order chi connectivity index (χ0) is 17.0. The summed E-state index contributed by atoms with van der Waals surface area (Å²) in [6.07, 6.45) is 4.41. The molecule has 1 amide bonds. The Labute approximate surface area is 155 Å². The topological polar surface area (TPSA) is 54.5 Å². The second kappa shape index (κ2) is 5.79. The second-order valence-corrected chi connectivity index (χ2v) is 9.16. The lowest BCUT2D eigenvalue weighted by molar-refractivity contribution is 0.0141. The lowest BCUT2D eigenvalue weighted by atomic mass is 9.73. The third-order valence-corrected chi connectivity index (χ3v) is 7.89. The summed E-state index contributed by atoms with van der Waals surface area (Å²) in [4.78, 5) is 20.1. The Bertz CT molecular complexity index is 790. The molecule has 0 unspecified atom stereocenters. The summed E-state index contributed by atoms with van der Waals surface area (Å²) in [5, 5.41) is 8.27. The van der Waals surface area contributed by atoms with Crippen molar-refractivity contribution >= 4 is 33.7 Å². The molecule has 3 aliphatic heterocycles. The first-order valence-electron chi connectivity index (χ1n) is 8.81. The summed E-state index contributed by atoms with van der Waals surface area (Å²) < 4.78 is 6.46. The normalized spacial score (nSPS) is 33.0. The summed E-state index contributed by atoms with van der Waals surface area (Å²) in [7, 11) is 0. The zero-order valence-corrected chi connectivity index (χ0v) is 15.7. The number of aryl methyl sites for hydroxylation is 1. The molecule has 0 radical (unpaired) electrons. The Kier molecular flexibility index (Phi) is 3.66. The minimum atomic E-state index is -0.0232. The molecule has 5 nitrogen and oxygen atoms in total. The first-order valence-corrected chi connectivity index (χ1v) is 10.6. The number of carbonyl (C=O) groups is 1. The van der Waals surface area contributed by atoms with E-state index < -0.39 is 0 Å². The summed E-state index contributed by atoms with van der Waals surface area (Å²) in [5.41, 5.74) is 1.03. The highest BCUT2D eigenvalue weighted by Gasteiger charge is 2.63. The SMILES string of the molecule is Cc1ccsc1C(=O)NC[C@H]1[C@H]2CN(c3nccs3)C[C@]23CC[C@H]1O3. The molecule has 1 N–H and O–H groups in total. The van der Waals surface area contributed by atoms with Gasteiger partial charge in [0.1, 0.15) is 0 Å². The minimum Gasteiger partial charge on any atom is -0.369 e. The van der Waals surface area contributed by atoms with Crippen molar-refractivity contribution in [2.24, 2.45) is 11.8 Å². The van der Waals surface area contributed by atoms with Gasteiger partial charge in [0.05, 0.1) is 16.6 Å². The molecule has 3 aliphatic rings. The van der Waals surface area contributed by atoms with Crippen LogP contribution in [-0.4, -0.2) is 42.2 Å². The standard InChI is InChI=1S/C18H21N3O2S2/c1-11-3-6-24-15(11)16(22)20-8-12-13-9-21(17-19-5-7-25-17)10-18(13)4-2-14(12)23-18/h3,5-7,12-14H,2,4,8-10H2,1H3,(H,20,22)/t12-,13+,14+,18+/m0/s1. The number of aromatic nitrogens is 1. The summed E-state index contributed by atoms with van der Waals surface area (Å²) >= 11 is 3.21. The number of anilines is 1. The highest BCUT2D eigenvalue weighted by molar-refractivity contribution is 7.13. The second-order valence-electron chi connectivity index (χ2n) is 7.37. The average Bonchev–Trinajstić information content (AvgIpc) is 3.37. The van der Waals surface area contributed by atoms with Gasteiger partial charge in [-0.2, -0.15) is 0 Å². The zero-order valence-electron chi connectivity index (χ0n) is 14.1. The van der Waals surface area contributed by atoms with Gasteiger partial charge in [0, 0.05) is 43.0 Å². The van der Waals surface area contributed by atoms with Gasteiger partial charge in [-0.3, -0.25) is 4.79 Å². The molecule has 0 aromatic carbocycles. The fourth-order valence-corrected chi connectivity index (χ4v) is 6.37. The molecular formula is C18H21N3O2S2. The van der Waals surface area contributed by atoms with E-state index in [9.17, 15) is 4.79 Å².